The van der Waals surface area contributed by atoms with Gasteiger partial charge in [-0.25, -0.2) is 27.2 Å². The Labute approximate surface area is 270 Å². The van der Waals surface area contributed by atoms with Gasteiger partial charge >= 0.3 is 11.3 Å². The van der Waals surface area contributed by atoms with E-state index < -0.39 is 57.6 Å². The highest BCUT2D eigenvalue weighted by atomic mass is 19.1. The summed E-state index contributed by atoms with van der Waals surface area (Å²) in [6.45, 7) is -2.44. The Morgan fingerprint density at radius 1 is 0.612 bits per heavy atom. The quantitative estimate of drug-likeness (QED) is 0.0609. The van der Waals surface area contributed by atoms with Crippen LogP contribution in [0.1, 0.15) is 33.4 Å². The molecule has 0 aliphatic heterocycles. The van der Waals surface area contributed by atoms with Crippen LogP contribution in [-0.2, 0) is 26.2 Å². The number of nitro benzene ring substituents is 2. The molecular formula is C34H20F4N2O9. The Balaban J connectivity index is 1.36. The van der Waals surface area contributed by atoms with E-state index in [1.807, 2.05) is 0 Å². The van der Waals surface area contributed by atoms with Gasteiger partial charge in [0, 0.05) is 82.3 Å². The number of ether oxygens (including phenoxy) is 1. The lowest BCUT2D eigenvalue weighted by Crippen LogP contribution is -2.13. The molecule has 0 bridgehead atoms. The molecule has 0 unspecified atom stereocenters. The first-order valence-corrected chi connectivity index (χ1v) is 14.3. The molecule has 2 aromatic heterocycles. The summed E-state index contributed by atoms with van der Waals surface area (Å²) in [4.78, 5) is 46.8. The average molecular weight is 677 g/mol. The van der Waals surface area contributed by atoms with E-state index in [-0.39, 0.29) is 68.4 Å². The smallest absolute Gasteiger partial charge is 0.340 e. The van der Waals surface area contributed by atoms with Crippen LogP contribution in [0.4, 0.5) is 28.9 Å². The lowest BCUT2D eigenvalue weighted by atomic mass is 9.98. The molecule has 0 fully saturated rings. The van der Waals surface area contributed by atoms with E-state index >= 15 is 8.78 Å². The SMILES string of the molecule is O=c1oc2cc(Oc3cc4oc(=O)c(Cc5cccc([N+](=O)[O-])c5)c(CF)c4cc3F)c(F)cc2c(CF)c1Cc1cccc([N+](=O)[O-])c1. The lowest BCUT2D eigenvalue weighted by Gasteiger charge is -2.13. The van der Waals surface area contributed by atoms with Crippen molar-refractivity contribution in [2.75, 3.05) is 0 Å². The molecule has 4 aromatic carbocycles. The van der Waals surface area contributed by atoms with Crippen LogP contribution in [0, 0.1) is 31.9 Å². The van der Waals surface area contributed by atoms with E-state index in [9.17, 15) is 38.6 Å². The molecule has 11 nitrogen and oxygen atoms in total. The monoisotopic (exact) mass is 676 g/mol. The summed E-state index contributed by atoms with van der Waals surface area (Å²) < 4.78 is 75.4. The van der Waals surface area contributed by atoms with Gasteiger partial charge in [0.1, 0.15) is 24.5 Å². The first kappa shape index (κ1) is 32.6. The highest BCUT2D eigenvalue weighted by Crippen LogP contribution is 2.36. The number of benzene rings is 4. The highest BCUT2D eigenvalue weighted by Gasteiger charge is 2.22. The zero-order chi connectivity index (χ0) is 35.0. The fraction of sp³-hybridized carbons (Fsp3) is 0.118. The number of halogens is 4. The molecule has 0 aliphatic rings. The first-order valence-electron chi connectivity index (χ1n) is 14.3. The normalized spacial score (nSPS) is 11.3. The van der Waals surface area contributed by atoms with Crippen LogP contribution in [0.3, 0.4) is 0 Å². The number of rotatable bonds is 10. The van der Waals surface area contributed by atoms with Gasteiger partial charge in [-0.05, 0) is 23.3 Å². The minimum atomic E-state index is -1.22. The number of alkyl halides is 2. The van der Waals surface area contributed by atoms with Crippen molar-refractivity contribution < 1.29 is 41.0 Å². The van der Waals surface area contributed by atoms with Crippen molar-refractivity contribution >= 4 is 33.3 Å². The summed E-state index contributed by atoms with van der Waals surface area (Å²) >= 11 is 0. The molecule has 0 amide bonds. The van der Waals surface area contributed by atoms with Gasteiger partial charge < -0.3 is 13.6 Å². The molecule has 6 aromatic rings. The van der Waals surface area contributed by atoms with Gasteiger partial charge in [0.25, 0.3) is 11.4 Å². The Kier molecular flexibility index (Phi) is 8.65. The molecule has 0 saturated heterocycles. The zero-order valence-corrected chi connectivity index (χ0v) is 24.8. The van der Waals surface area contributed by atoms with E-state index in [1.54, 1.807) is 0 Å². The van der Waals surface area contributed by atoms with Gasteiger partial charge in [-0.2, -0.15) is 0 Å². The Bertz CT molecular complexity index is 2270. The van der Waals surface area contributed by atoms with E-state index in [0.29, 0.717) is 11.1 Å². The molecule has 248 valence electrons. The first-order chi connectivity index (χ1) is 23.5. The van der Waals surface area contributed by atoms with Crippen molar-refractivity contribution in [1.29, 1.82) is 0 Å². The number of nitrogens with zero attached hydrogens (tertiary/aromatic N) is 2. The number of non-ortho nitro benzene ring substituents is 2. The molecule has 0 N–H and O–H groups in total. The third-order valence-electron chi connectivity index (χ3n) is 7.84. The van der Waals surface area contributed by atoms with Gasteiger partial charge in [-0.15, -0.1) is 0 Å². The second kappa shape index (κ2) is 13.0. The van der Waals surface area contributed by atoms with Gasteiger partial charge in [0.15, 0.2) is 23.1 Å². The highest BCUT2D eigenvalue weighted by molar-refractivity contribution is 5.84. The second-order valence-electron chi connectivity index (χ2n) is 10.8. The fourth-order valence-electron chi connectivity index (χ4n) is 5.51. The summed E-state index contributed by atoms with van der Waals surface area (Å²) in [6.07, 6.45) is -0.499. The van der Waals surface area contributed by atoms with Crippen LogP contribution < -0.4 is 16.0 Å². The number of hydrogen-bond acceptors (Lipinski definition) is 9. The minimum Gasteiger partial charge on any atom is -0.451 e. The predicted molar refractivity (Wildman–Crippen MR) is 166 cm³/mol. The molecule has 49 heavy (non-hydrogen) atoms. The topological polar surface area (TPSA) is 156 Å². The molecule has 0 aliphatic carbocycles. The summed E-state index contributed by atoms with van der Waals surface area (Å²) in [7, 11) is 0. The summed E-state index contributed by atoms with van der Waals surface area (Å²) in [5.41, 5.74) is -3.32. The van der Waals surface area contributed by atoms with Crippen molar-refractivity contribution in [2.45, 2.75) is 26.2 Å². The lowest BCUT2D eigenvalue weighted by molar-refractivity contribution is -0.385. The third-order valence-corrected chi connectivity index (χ3v) is 7.84. The van der Waals surface area contributed by atoms with Crippen LogP contribution in [0.25, 0.3) is 21.9 Å². The second-order valence-corrected chi connectivity index (χ2v) is 10.8. The van der Waals surface area contributed by atoms with Crippen molar-refractivity contribution in [3.05, 3.63) is 159 Å². The number of fused-ring (bicyclic) bond motifs is 2. The van der Waals surface area contributed by atoms with E-state index in [2.05, 4.69) is 0 Å². The maximum atomic E-state index is 15.4. The molecule has 0 radical (unpaired) electrons. The predicted octanol–water partition coefficient (Wildman–Crippen LogP) is 7.91. The standard InChI is InChI=1S/C34H20F4N2O9/c35-15-25-21-11-27(37)31(13-29(21)48-33(41)23(25)9-17-3-1-5-19(7-17)39(43)44)47-32-14-30-22(12-28(32)38)26(16-36)24(34(42)49-30)10-18-4-2-6-20(8-18)40(45)46/h1-8,11-14H,9-10,15-16H2. The van der Waals surface area contributed by atoms with Crippen LogP contribution in [0.5, 0.6) is 11.5 Å². The largest absolute Gasteiger partial charge is 0.451 e. The van der Waals surface area contributed by atoms with Crippen LogP contribution in [-0.4, -0.2) is 9.85 Å². The minimum absolute atomic E-state index is 0.138. The van der Waals surface area contributed by atoms with E-state index in [1.165, 1.54) is 48.5 Å². The Hall–Kier alpha value is -6.38. The number of nitro groups is 2. The number of hydrogen-bond donors (Lipinski definition) is 0. The molecule has 6 rings (SSSR count). The molecule has 0 saturated carbocycles. The van der Waals surface area contributed by atoms with Crippen LogP contribution >= 0.6 is 0 Å². The van der Waals surface area contributed by atoms with Crippen LogP contribution in [0.2, 0.25) is 0 Å². The Morgan fingerprint density at radius 2 is 1.02 bits per heavy atom. The molecular weight excluding hydrogens is 656 g/mol. The summed E-state index contributed by atoms with van der Waals surface area (Å²) in [5.74, 6) is -3.54. The van der Waals surface area contributed by atoms with Gasteiger partial charge in [0.05, 0.1) is 9.85 Å². The van der Waals surface area contributed by atoms with Gasteiger partial charge in [-0.3, -0.25) is 20.2 Å². The Morgan fingerprint density at radius 3 is 1.39 bits per heavy atom. The molecule has 0 atom stereocenters. The molecule has 15 heteroatoms. The van der Waals surface area contributed by atoms with Crippen molar-refractivity contribution in [3.63, 3.8) is 0 Å². The molecule has 2 heterocycles. The summed E-state index contributed by atoms with van der Waals surface area (Å²) in [5, 5.41) is 22.0. The maximum Gasteiger partial charge on any atom is 0.340 e. The fourth-order valence-corrected chi connectivity index (χ4v) is 5.51. The van der Waals surface area contributed by atoms with E-state index in [4.69, 9.17) is 13.6 Å². The van der Waals surface area contributed by atoms with Crippen molar-refractivity contribution in [2.24, 2.45) is 0 Å². The van der Waals surface area contributed by atoms with Crippen LogP contribution in [0.15, 0.2) is 91.2 Å². The maximum absolute atomic E-state index is 15.4. The molecule has 0 spiro atoms. The zero-order valence-electron chi connectivity index (χ0n) is 24.8. The average Bonchev–Trinajstić information content (AvgIpc) is 3.07. The summed E-state index contributed by atoms with van der Waals surface area (Å²) in [6, 6.07) is 14.1. The van der Waals surface area contributed by atoms with Crippen molar-refractivity contribution in [3.8, 4) is 11.5 Å². The van der Waals surface area contributed by atoms with E-state index in [0.717, 1.165) is 24.3 Å². The third kappa shape index (κ3) is 6.33. The van der Waals surface area contributed by atoms with Crippen molar-refractivity contribution in [1.82, 2.24) is 0 Å². The van der Waals surface area contributed by atoms with Gasteiger partial charge in [0.2, 0.25) is 0 Å². The van der Waals surface area contributed by atoms with Gasteiger partial charge in [-0.1, -0.05) is 24.3 Å².